The molecule has 0 aromatic carbocycles. The highest BCUT2D eigenvalue weighted by atomic mass is 16.6. The molecule has 0 saturated heterocycles. The number of hydrogen-bond donors (Lipinski definition) is 4. The summed E-state index contributed by atoms with van der Waals surface area (Å²) in [6, 6.07) is 1.96. The lowest BCUT2D eigenvalue weighted by molar-refractivity contribution is -0.249. The summed E-state index contributed by atoms with van der Waals surface area (Å²) in [5, 5.41) is 23.2. The fraction of sp³-hybridized carbons (Fsp3) is 0.842. The second-order valence-electron chi connectivity index (χ2n) is 18.2. The molecule has 0 radical (unpaired) electrons. The van der Waals surface area contributed by atoms with Crippen LogP contribution in [0.25, 0.3) is 0 Å². The number of ether oxygens (including phenoxy) is 2. The Labute approximate surface area is 285 Å². The van der Waals surface area contributed by atoms with Crippen molar-refractivity contribution >= 4 is 24.0 Å². The maximum atomic E-state index is 13.2. The average molecular weight is 667 g/mol. The number of aliphatic carboxylic acids is 1. The Hall–Kier alpha value is -2.78. The molecule has 6 saturated carbocycles. The van der Waals surface area contributed by atoms with Crippen molar-refractivity contribution in [3.05, 3.63) is 12.3 Å². The van der Waals surface area contributed by atoms with E-state index in [0.29, 0.717) is 30.0 Å². The Morgan fingerprint density at radius 1 is 0.917 bits per heavy atom. The number of H-pyrrole nitrogens is 1. The fourth-order valence-corrected chi connectivity index (χ4v) is 13.2. The molecule has 1 heterocycles. The van der Waals surface area contributed by atoms with E-state index in [2.05, 4.69) is 62.4 Å². The molecule has 5 unspecified atom stereocenters. The third-order valence-corrected chi connectivity index (χ3v) is 15.9. The minimum Gasteiger partial charge on any atom is -0.481 e. The highest BCUT2D eigenvalue weighted by molar-refractivity contribution is 5.83. The third kappa shape index (κ3) is 5.07. The van der Waals surface area contributed by atoms with Gasteiger partial charge in [0.25, 0.3) is 0 Å². The van der Waals surface area contributed by atoms with Gasteiger partial charge >= 0.3 is 18.2 Å². The molecule has 48 heavy (non-hydrogen) atoms. The second-order valence-corrected chi connectivity index (χ2v) is 18.2. The zero-order valence-electron chi connectivity index (χ0n) is 29.9. The number of aromatic nitrogens is 2. The predicted octanol–water partition coefficient (Wildman–Crippen LogP) is 8.02. The van der Waals surface area contributed by atoms with Crippen LogP contribution in [0.15, 0.2) is 12.3 Å². The summed E-state index contributed by atoms with van der Waals surface area (Å²) in [4.78, 5) is 38.5. The molecule has 7 rings (SSSR count). The fourth-order valence-electron chi connectivity index (χ4n) is 13.2. The van der Waals surface area contributed by atoms with Gasteiger partial charge in [-0.05, 0) is 129 Å². The van der Waals surface area contributed by atoms with Crippen molar-refractivity contribution in [3.63, 3.8) is 0 Å². The number of amides is 2. The molecule has 6 aliphatic rings. The Balaban J connectivity index is 1.11. The molecular weight excluding hydrogens is 608 g/mol. The normalized spacial score (nSPS) is 43.4. The lowest BCUT2D eigenvalue weighted by Crippen LogP contribution is -2.67. The highest BCUT2D eigenvalue weighted by Crippen LogP contribution is 2.77. The van der Waals surface area contributed by atoms with E-state index in [0.717, 1.165) is 70.6 Å². The first kappa shape index (κ1) is 33.7. The molecule has 6 aliphatic carbocycles. The van der Waals surface area contributed by atoms with E-state index in [9.17, 15) is 19.5 Å². The van der Waals surface area contributed by atoms with Gasteiger partial charge in [-0.1, -0.05) is 41.5 Å². The molecule has 0 bridgehead atoms. The number of fused-ring (bicyclic) bond motifs is 7. The van der Waals surface area contributed by atoms with Crippen LogP contribution in [-0.2, 0) is 14.3 Å². The molecule has 11 atom stereocenters. The van der Waals surface area contributed by atoms with Crippen LogP contribution in [-0.4, -0.2) is 52.2 Å². The van der Waals surface area contributed by atoms with Crippen molar-refractivity contribution in [1.29, 1.82) is 0 Å². The van der Waals surface area contributed by atoms with E-state index in [1.807, 2.05) is 0 Å². The van der Waals surface area contributed by atoms with Gasteiger partial charge in [-0.3, -0.25) is 15.2 Å². The molecule has 1 aromatic rings. The maximum absolute atomic E-state index is 13.2. The average Bonchev–Trinajstić information content (AvgIpc) is 3.50. The van der Waals surface area contributed by atoms with Gasteiger partial charge in [0, 0.05) is 23.7 Å². The minimum absolute atomic E-state index is 0.0235. The summed E-state index contributed by atoms with van der Waals surface area (Å²) < 4.78 is 11.8. The number of aromatic amines is 1. The second kappa shape index (κ2) is 11.6. The van der Waals surface area contributed by atoms with Gasteiger partial charge < -0.3 is 19.9 Å². The van der Waals surface area contributed by atoms with Crippen molar-refractivity contribution in [3.8, 4) is 0 Å². The van der Waals surface area contributed by atoms with E-state index in [1.54, 1.807) is 12.3 Å². The number of nitrogens with zero attached hydrogens (tertiary/aromatic N) is 1. The molecule has 0 aliphatic heterocycles. The quantitative estimate of drug-likeness (QED) is 0.231. The first-order chi connectivity index (χ1) is 22.7. The Morgan fingerprint density at radius 2 is 1.69 bits per heavy atom. The smallest absolute Gasteiger partial charge is 0.412 e. The Kier molecular flexibility index (Phi) is 8.18. The molecule has 266 valence electrons. The van der Waals surface area contributed by atoms with E-state index in [4.69, 9.17) is 9.47 Å². The molecule has 10 nitrogen and oxygen atoms in total. The molecule has 4 N–H and O–H groups in total. The number of nitrogens with one attached hydrogen (secondary N) is 3. The SMILES string of the molecule is CC(COC(=O)Nc1cc[nH]n1)[C@@H]1CC[C@]2(C(=O)O)CC[C@]3(C)C(CCC4[C@@]5(C)CC[C@@H](OC(=O)NC6CC6)C(C)(C)C5CC[C@]43C)C12. The minimum atomic E-state index is -0.705. The zero-order valence-corrected chi connectivity index (χ0v) is 29.9. The van der Waals surface area contributed by atoms with Crippen LogP contribution >= 0.6 is 0 Å². The molecule has 1 aromatic heterocycles. The summed E-state index contributed by atoms with van der Waals surface area (Å²) in [5.41, 5.74) is -0.571. The maximum Gasteiger partial charge on any atom is 0.412 e. The monoisotopic (exact) mass is 666 g/mol. The topological polar surface area (TPSA) is 143 Å². The van der Waals surface area contributed by atoms with Crippen molar-refractivity contribution in [2.24, 2.45) is 62.6 Å². The number of carbonyl (C=O) groups excluding carboxylic acids is 2. The number of carbonyl (C=O) groups is 3. The number of rotatable bonds is 7. The van der Waals surface area contributed by atoms with Gasteiger partial charge in [0.1, 0.15) is 6.10 Å². The van der Waals surface area contributed by atoms with Crippen LogP contribution in [0.4, 0.5) is 15.4 Å². The molecule has 10 heteroatoms. The summed E-state index contributed by atoms with van der Waals surface area (Å²) >= 11 is 0. The van der Waals surface area contributed by atoms with Crippen LogP contribution in [0, 0.1) is 62.6 Å². The summed E-state index contributed by atoms with van der Waals surface area (Å²) in [6.45, 7) is 14.7. The first-order valence-electron chi connectivity index (χ1n) is 18.8. The lowest BCUT2D eigenvalue weighted by Gasteiger charge is -2.72. The predicted molar refractivity (Wildman–Crippen MR) is 181 cm³/mol. The third-order valence-electron chi connectivity index (χ3n) is 15.9. The number of hydrogen-bond acceptors (Lipinski definition) is 6. The Bertz CT molecular complexity index is 1410. The first-order valence-corrected chi connectivity index (χ1v) is 18.8. The number of anilines is 1. The number of carboxylic acid groups (broad SMARTS) is 1. The number of alkyl carbamates (subject to hydrolysis) is 1. The van der Waals surface area contributed by atoms with Gasteiger partial charge in [-0.2, -0.15) is 5.10 Å². The summed E-state index contributed by atoms with van der Waals surface area (Å²) in [7, 11) is 0. The van der Waals surface area contributed by atoms with Crippen molar-refractivity contribution in [2.45, 2.75) is 131 Å². The van der Waals surface area contributed by atoms with Crippen LogP contribution in [0.2, 0.25) is 0 Å². The Morgan fingerprint density at radius 3 is 2.38 bits per heavy atom. The van der Waals surface area contributed by atoms with Gasteiger partial charge in [0.05, 0.1) is 12.0 Å². The van der Waals surface area contributed by atoms with E-state index < -0.39 is 17.5 Å². The zero-order chi connectivity index (χ0) is 34.3. The molecule has 2 amide bonds. The van der Waals surface area contributed by atoms with Crippen LogP contribution in [0.5, 0.6) is 0 Å². The summed E-state index contributed by atoms with van der Waals surface area (Å²) in [6.07, 6.45) is 12.5. The van der Waals surface area contributed by atoms with Crippen molar-refractivity contribution in [1.82, 2.24) is 15.5 Å². The van der Waals surface area contributed by atoms with Crippen LogP contribution in [0.3, 0.4) is 0 Å². The number of carboxylic acids is 1. The van der Waals surface area contributed by atoms with E-state index in [-0.39, 0.29) is 64.3 Å². The van der Waals surface area contributed by atoms with E-state index in [1.165, 1.54) is 0 Å². The van der Waals surface area contributed by atoms with Gasteiger partial charge in [-0.15, -0.1) is 0 Å². The largest absolute Gasteiger partial charge is 0.481 e. The van der Waals surface area contributed by atoms with Gasteiger partial charge in [0.2, 0.25) is 0 Å². The molecule has 6 fully saturated rings. The lowest BCUT2D eigenvalue weighted by atomic mass is 9.32. The van der Waals surface area contributed by atoms with Crippen LogP contribution < -0.4 is 10.6 Å². The van der Waals surface area contributed by atoms with Crippen molar-refractivity contribution < 1.29 is 29.0 Å². The molecule has 0 spiro atoms. The van der Waals surface area contributed by atoms with Crippen molar-refractivity contribution in [2.75, 3.05) is 11.9 Å². The van der Waals surface area contributed by atoms with E-state index >= 15 is 0 Å². The highest BCUT2D eigenvalue weighted by Gasteiger charge is 2.72. The van der Waals surface area contributed by atoms with Crippen LogP contribution in [0.1, 0.15) is 119 Å². The standard InChI is InChI=1S/C38H58N4O6/c1-22(21-47-32(45)41-29-14-20-39-42-29)24-11-17-38(31(43)44)19-18-36(5)25(30(24)38)9-10-27-35(4)15-13-28(48-33(46)40-23-7-8-23)34(2,3)26(35)12-16-37(27,36)6/h14,20,22-28,30H,7-13,15-19,21H2,1-6H3,(H,40,46)(H,43,44)(H2,39,41,42,45)/t22?,24-,25?,26?,27?,28+,30?,35-,36+,37+,38-/m0/s1. The van der Waals surface area contributed by atoms with Gasteiger partial charge in [-0.25, -0.2) is 9.59 Å². The summed E-state index contributed by atoms with van der Waals surface area (Å²) in [5.74, 6) is 1.40. The van der Waals surface area contributed by atoms with Gasteiger partial charge in [0.15, 0.2) is 5.82 Å². The molecular formula is C38H58N4O6.